The third kappa shape index (κ3) is 2.35. The third-order valence-electron chi connectivity index (χ3n) is 3.31. The topological polar surface area (TPSA) is 86.2 Å². The van der Waals surface area contributed by atoms with E-state index >= 15 is 0 Å². The largest absolute Gasteiger partial charge is 0.273 e. The molecule has 0 spiro atoms. The molecule has 7 nitrogen and oxygen atoms in total. The van der Waals surface area contributed by atoms with Crippen molar-refractivity contribution in [2.24, 2.45) is 0 Å². The van der Waals surface area contributed by atoms with Gasteiger partial charge in [0.25, 0.3) is 5.69 Å². The van der Waals surface area contributed by atoms with Crippen LogP contribution in [0.5, 0.6) is 0 Å². The van der Waals surface area contributed by atoms with Gasteiger partial charge in [0, 0.05) is 22.6 Å². The molecule has 0 unspecified atom stereocenters. The van der Waals surface area contributed by atoms with E-state index in [-0.39, 0.29) is 16.0 Å². The van der Waals surface area contributed by atoms with Crippen LogP contribution in [0.25, 0.3) is 15.5 Å². The van der Waals surface area contributed by atoms with Crippen molar-refractivity contribution < 1.29 is 4.92 Å². The summed E-state index contributed by atoms with van der Waals surface area (Å²) in [5, 5.41) is 24.6. The molecule has 0 saturated heterocycles. The van der Waals surface area contributed by atoms with Crippen molar-refractivity contribution >= 4 is 22.0 Å². The first-order chi connectivity index (χ1) is 10.3. The van der Waals surface area contributed by atoms with Crippen molar-refractivity contribution in [3.05, 3.63) is 39.7 Å². The summed E-state index contributed by atoms with van der Waals surface area (Å²) in [6.45, 7) is 7.84. The monoisotopic (exact) mass is 317 g/mol. The molecule has 0 amide bonds. The average molecular weight is 317 g/mol. The van der Waals surface area contributed by atoms with E-state index in [0.29, 0.717) is 21.1 Å². The first-order valence-electron chi connectivity index (χ1n) is 6.75. The summed E-state index contributed by atoms with van der Waals surface area (Å²) in [5.74, 6) is 0.770. The van der Waals surface area contributed by atoms with Gasteiger partial charge in [0.15, 0.2) is 5.82 Å². The van der Waals surface area contributed by atoms with Gasteiger partial charge in [-0.15, -0.1) is 10.2 Å². The van der Waals surface area contributed by atoms with Gasteiger partial charge in [-0.1, -0.05) is 44.2 Å². The van der Waals surface area contributed by atoms with E-state index in [2.05, 4.69) is 15.3 Å². The predicted molar refractivity (Wildman–Crippen MR) is 84.2 cm³/mol. The van der Waals surface area contributed by atoms with Gasteiger partial charge in [-0.25, -0.2) is 0 Å². The summed E-state index contributed by atoms with van der Waals surface area (Å²) in [5.41, 5.74) is 1.27. The highest BCUT2D eigenvalue weighted by Gasteiger charge is 2.24. The number of rotatable bonds is 2. The third-order valence-corrected chi connectivity index (χ3v) is 4.26. The van der Waals surface area contributed by atoms with E-state index in [9.17, 15) is 10.1 Å². The smallest absolute Gasteiger partial charge is 0.258 e. The standard InChI is InChI=1S/C14H15N5O2S/c1-8-5-6-9(7-10(8)19(20)21)11-17-18-12(14(2,3)4)15-16-13(18)22-11/h5-7H,1-4H3. The molecular weight excluding hydrogens is 302 g/mol. The van der Waals surface area contributed by atoms with Crippen LogP contribution in [0, 0.1) is 17.0 Å². The molecule has 0 aliphatic rings. The van der Waals surface area contributed by atoms with E-state index in [4.69, 9.17) is 0 Å². The summed E-state index contributed by atoms with van der Waals surface area (Å²) in [6, 6.07) is 5.13. The van der Waals surface area contributed by atoms with Gasteiger partial charge >= 0.3 is 0 Å². The van der Waals surface area contributed by atoms with E-state index < -0.39 is 0 Å². The summed E-state index contributed by atoms with van der Waals surface area (Å²) in [7, 11) is 0. The molecule has 0 fully saturated rings. The molecule has 22 heavy (non-hydrogen) atoms. The fourth-order valence-electron chi connectivity index (χ4n) is 2.14. The number of aryl methyl sites for hydroxylation is 1. The molecule has 2 aromatic heterocycles. The van der Waals surface area contributed by atoms with Crippen molar-refractivity contribution in [3.8, 4) is 10.6 Å². The maximum Gasteiger partial charge on any atom is 0.273 e. The molecule has 0 radical (unpaired) electrons. The molecule has 0 aliphatic carbocycles. The molecule has 3 aromatic rings. The fourth-order valence-corrected chi connectivity index (χ4v) is 2.98. The Hall–Kier alpha value is -2.35. The van der Waals surface area contributed by atoms with Gasteiger partial charge in [-0.2, -0.15) is 9.61 Å². The number of nitrogens with zero attached hydrogens (tertiary/aromatic N) is 5. The van der Waals surface area contributed by atoms with Crippen LogP contribution in [0.1, 0.15) is 32.2 Å². The van der Waals surface area contributed by atoms with Crippen LogP contribution in [0.4, 0.5) is 5.69 Å². The maximum absolute atomic E-state index is 11.1. The van der Waals surface area contributed by atoms with E-state index in [1.165, 1.54) is 11.3 Å². The lowest BCUT2D eigenvalue weighted by Crippen LogP contribution is -2.16. The van der Waals surface area contributed by atoms with E-state index in [1.54, 1.807) is 23.6 Å². The minimum Gasteiger partial charge on any atom is -0.258 e. The normalized spacial score (nSPS) is 12.0. The Kier molecular flexibility index (Phi) is 3.21. The summed E-state index contributed by atoms with van der Waals surface area (Å²) in [4.78, 5) is 11.4. The minimum absolute atomic E-state index is 0.0968. The predicted octanol–water partition coefficient (Wildman–Crippen LogP) is 3.37. The molecule has 0 bridgehead atoms. The van der Waals surface area contributed by atoms with Crippen LogP contribution in [-0.2, 0) is 5.41 Å². The molecule has 0 atom stereocenters. The number of aromatic nitrogens is 4. The van der Waals surface area contributed by atoms with Crippen molar-refractivity contribution in [2.75, 3.05) is 0 Å². The lowest BCUT2D eigenvalue weighted by Gasteiger charge is -2.13. The Bertz CT molecular complexity index is 875. The number of nitro groups is 1. The zero-order valence-electron chi connectivity index (χ0n) is 12.7. The SMILES string of the molecule is Cc1ccc(-c2nn3c(C(C)(C)C)nnc3s2)cc1[N+](=O)[O-]. The van der Waals surface area contributed by atoms with Gasteiger partial charge in [-0.3, -0.25) is 10.1 Å². The van der Waals surface area contributed by atoms with Crippen LogP contribution >= 0.6 is 11.3 Å². The summed E-state index contributed by atoms with van der Waals surface area (Å²) < 4.78 is 1.71. The number of nitro benzene ring substituents is 1. The Morgan fingerprint density at radius 1 is 1.27 bits per heavy atom. The van der Waals surface area contributed by atoms with Gasteiger partial charge in [-0.05, 0) is 6.92 Å². The van der Waals surface area contributed by atoms with Crippen molar-refractivity contribution in [1.29, 1.82) is 0 Å². The molecule has 0 N–H and O–H groups in total. The molecular formula is C14H15N5O2S. The highest BCUT2D eigenvalue weighted by molar-refractivity contribution is 7.19. The van der Waals surface area contributed by atoms with Crippen LogP contribution in [0.15, 0.2) is 18.2 Å². The van der Waals surface area contributed by atoms with Gasteiger partial charge in [0.2, 0.25) is 4.96 Å². The molecule has 0 saturated carbocycles. The number of hydrogen-bond donors (Lipinski definition) is 0. The fraction of sp³-hybridized carbons (Fsp3) is 0.357. The summed E-state index contributed by atoms with van der Waals surface area (Å²) in [6.07, 6.45) is 0. The van der Waals surface area contributed by atoms with Gasteiger partial charge < -0.3 is 0 Å². The number of benzene rings is 1. The van der Waals surface area contributed by atoms with Crippen molar-refractivity contribution in [2.45, 2.75) is 33.1 Å². The second kappa shape index (κ2) is 4.84. The number of hydrogen-bond acceptors (Lipinski definition) is 6. The van der Waals surface area contributed by atoms with Crippen LogP contribution in [0.3, 0.4) is 0 Å². The van der Waals surface area contributed by atoms with E-state index in [1.807, 2.05) is 26.8 Å². The van der Waals surface area contributed by atoms with Crippen molar-refractivity contribution in [1.82, 2.24) is 19.8 Å². The Morgan fingerprint density at radius 3 is 2.64 bits per heavy atom. The molecule has 1 aromatic carbocycles. The molecule has 2 heterocycles. The van der Waals surface area contributed by atoms with Gasteiger partial charge in [0.1, 0.15) is 5.01 Å². The van der Waals surface area contributed by atoms with Gasteiger partial charge in [0.05, 0.1) is 4.92 Å². The first kappa shape index (κ1) is 14.6. The quantitative estimate of drug-likeness (QED) is 0.534. The first-order valence-corrected chi connectivity index (χ1v) is 7.57. The Morgan fingerprint density at radius 2 is 2.00 bits per heavy atom. The van der Waals surface area contributed by atoms with Crippen molar-refractivity contribution in [3.63, 3.8) is 0 Å². The zero-order valence-corrected chi connectivity index (χ0v) is 13.5. The molecule has 0 aliphatic heterocycles. The van der Waals surface area contributed by atoms with Crippen LogP contribution < -0.4 is 0 Å². The second-order valence-electron chi connectivity index (χ2n) is 6.13. The lowest BCUT2D eigenvalue weighted by atomic mass is 9.96. The Balaban J connectivity index is 2.13. The molecule has 114 valence electrons. The average Bonchev–Trinajstić information content (AvgIpc) is 2.97. The lowest BCUT2D eigenvalue weighted by molar-refractivity contribution is -0.385. The minimum atomic E-state index is -0.375. The van der Waals surface area contributed by atoms with Crippen LogP contribution in [0.2, 0.25) is 0 Å². The highest BCUT2D eigenvalue weighted by atomic mass is 32.1. The van der Waals surface area contributed by atoms with E-state index in [0.717, 1.165) is 5.82 Å². The summed E-state index contributed by atoms with van der Waals surface area (Å²) >= 11 is 1.37. The maximum atomic E-state index is 11.1. The molecule has 8 heteroatoms. The highest BCUT2D eigenvalue weighted by Crippen LogP contribution is 2.31. The second-order valence-corrected chi connectivity index (χ2v) is 7.09. The van der Waals surface area contributed by atoms with Crippen LogP contribution in [-0.4, -0.2) is 24.7 Å². The molecule has 3 rings (SSSR count). The Labute approximate surface area is 130 Å². The number of fused-ring (bicyclic) bond motifs is 1. The zero-order chi connectivity index (χ0) is 16.1.